The van der Waals surface area contributed by atoms with Crippen LogP contribution in [0.3, 0.4) is 0 Å². The summed E-state index contributed by atoms with van der Waals surface area (Å²) in [5.41, 5.74) is 5.35. The lowest BCUT2D eigenvalue weighted by Crippen LogP contribution is -2.21. The number of rotatable bonds is 6. The molecule has 0 fully saturated rings. The number of anilines is 1. The highest BCUT2D eigenvalue weighted by Crippen LogP contribution is 2.23. The van der Waals surface area contributed by atoms with E-state index in [0.29, 0.717) is 17.9 Å². The molecule has 0 unspecified atom stereocenters. The monoisotopic (exact) mass is 385 g/mol. The molecule has 10 nitrogen and oxygen atoms in total. The van der Waals surface area contributed by atoms with Gasteiger partial charge in [0.1, 0.15) is 12.2 Å². The van der Waals surface area contributed by atoms with Gasteiger partial charge in [0.2, 0.25) is 0 Å². The normalized spacial score (nSPS) is 11.0. The Balaban J connectivity index is 1.85. The van der Waals surface area contributed by atoms with E-state index in [4.69, 9.17) is 5.11 Å². The number of amides is 1. The fourth-order valence-corrected chi connectivity index (χ4v) is 3.19. The van der Waals surface area contributed by atoms with E-state index in [2.05, 4.69) is 20.6 Å². The van der Waals surface area contributed by atoms with E-state index in [9.17, 15) is 9.59 Å². The number of hydrogen-bond acceptors (Lipinski definition) is 5. The van der Waals surface area contributed by atoms with Crippen molar-refractivity contribution >= 4 is 17.6 Å². The molecular weight excluding hydrogens is 362 g/mol. The molecule has 0 bridgehead atoms. The molecule has 28 heavy (non-hydrogen) atoms. The average molecular weight is 385 g/mol. The third kappa shape index (κ3) is 3.53. The van der Waals surface area contributed by atoms with Crippen molar-refractivity contribution in [2.75, 3.05) is 5.32 Å². The van der Waals surface area contributed by atoms with Crippen molar-refractivity contribution in [1.29, 1.82) is 0 Å². The Morgan fingerprint density at radius 2 is 1.79 bits per heavy atom. The SMILES string of the molecule is Cc1nn(C)c(C)c1Cn1nc(C)c(NC(=O)c2ccnn2CC(=O)O)c1C. The minimum atomic E-state index is -1.07. The largest absolute Gasteiger partial charge is 0.480 e. The van der Waals surface area contributed by atoms with Crippen molar-refractivity contribution in [1.82, 2.24) is 29.3 Å². The van der Waals surface area contributed by atoms with Gasteiger partial charge in [0, 0.05) is 24.5 Å². The summed E-state index contributed by atoms with van der Waals surface area (Å²) in [7, 11) is 1.90. The molecule has 0 atom stereocenters. The first kappa shape index (κ1) is 19.3. The Hall–Kier alpha value is -3.43. The molecule has 3 aromatic rings. The molecule has 3 aromatic heterocycles. The van der Waals surface area contributed by atoms with Crippen molar-refractivity contribution in [3.63, 3.8) is 0 Å². The number of carbonyl (C=O) groups excluding carboxylic acids is 1. The highest BCUT2D eigenvalue weighted by atomic mass is 16.4. The van der Waals surface area contributed by atoms with Gasteiger partial charge in [-0.1, -0.05) is 0 Å². The van der Waals surface area contributed by atoms with E-state index < -0.39 is 11.9 Å². The molecule has 0 spiro atoms. The van der Waals surface area contributed by atoms with Crippen LogP contribution in [0, 0.1) is 27.7 Å². The fraction of sp³-hybridized carbons (Fsp3) is 0.389. The molecule has 0 aliphatic carbocycles. The third-order valence-electron chi connectivity index (χ3n) is 4.82. The Labute approximate surface area is 161 Å². The molecule has 0 saturated carbocycles. The summed E-state index contributed by atoms with van der Waals surface area (Å²) in [5.74, 6) is -1.50. The second-order valence-corrected chi connectivity index (χ2v) is 6.70. The molecule has 148 valence electrons. The van der Waals surface area contributed by atoms with Gasteiger partial charge in [-0.05, 0) is 33.8 Å². The maximum absolute atomic E-state index is 12.6. The zero-order chi connectivity index (χ0) is 20.6. The topological polar surface area (TPSA) is 120 Å². The number of aromatic nitrogens is 6. The van der Waals surface area contributed by atoms with E-state index in [1.165, 1.54) is 12.3 Å². The van der Waals surface area contributed by atoms with Crippen LogP contribution in [0.15, 0.2) is 12.3 Å². The predicted octanol–water partition coefficient (Wildman–Crippen LogP) is 1.43. The molecule has 0 aromatic carbocycles. The van der Waals surface area contributed by atoms with Crippen molar-refractivity contribution in [3.8, 4) is 0 Å². The second kappa shape index (κ2) is 7.29. The first-order valence-electron chi connectivity index (χ1n) is 8.77. The minimum absolute atomic E-state index is 0.174. The van der Waals surface area contributed by atoms with Crippen LogP contribution < -0.4 is 5.32 Å². The van der Waals surface area contributed by atoms with Crippen molar-refractivity contribution < 1.29 is 14.7 Å². The van der Waals surface area contributed by atoms with E-state index in [1.807, 2.05) is 44.1 Å². The molecule has 2 N–H and O–H groups in total. The number of aryl methyl sites for hydroxylation is 3. The van der Waals surface area contributed by atoms with E-state index >= 15 is 0 Å². The van der Waals surface area contributed by atoms with Crippen LogP contribution in [0.25, 0.3) is 0 Å². The van der Waals surface area contributed by atoms with Crippen LogP contribution >= 0.6 is 0 Å². The van der Waals surface area contributed by atoms with E-state index in [1.54, 1.807) is 0 Å². The van der Waals surface area contributed by atoms with E-state index in [-0.39, 0.29) is 12.2 Å². The smallest absolute Gasteiger partial charge is 0.325 e. The quantitative estimate of drug-likeness (QED) is 0.662. The van der Waals surface area contributed by atoms with Crippen LogP contribution in [0.1, 0.15) is 38.8 Å². The molecule has 0 aliphatic heterocycles. The number of carboxylic acid groups (broad SMARTS) is 1. The fourth-order valence-electron chi connectivity index (χ4n) is 3.19. The summed E-state index contributed by atoms with van der Waals surface area (Å²) in [5, 5.41) is 24.7. The zero-order valence-corrected chi connectivity index (χ0v) is 16.5. The van der Waals surface area contributed by atoms with Gasteiger partial charge in [-0.15, -0.1) is 0 Å². The molecule has 3 heterocycles. The molecule has 0 radical (unpaired) electrons. The van der Waals surface area contributed by atoms with Gasteiger partial charge in [-0.2, -0.15) is 15.3 Å². The summed E-state index contributed by atoms with van der Waals surface area (Å²) >= 11 is 0. The number of carboxylic acids is 1. The number of aliphatic carboxylic acids is 1. The van der Waals surface area contributed by atoms with Crippen molar-refractivity contribution in [2.24, 2.45) is 7.05 Å². The van der Waals surface area contributed by atoms with Crippen LogP contribution in [-0.2, 0) is 24.9 Å². The Morgan fingerprint density at radius 3 is 2.39 bits per heavy atom. The summed E-state index contributed by atoms with van der Waals surface area (Å²) in [6, 6.07) is 1.48. The lowest BCUT2D eigenvalue weighted by Gasteiger charge is -2.08. The van der Waals surface area contributed by atoms with Crippen LogP contribution in [0.2, 0.25) is 0 Å². The minimum Gasteiger partial charge on any atom is -0.480 e. The van der Waals surface area contributed by atoms with Gasteiger partial charge in [0.15, 0.2) is 0 Å². The van der Waals surface area contributed by atoms with Crippen molar-refractivity contribution in [2.45, 2.75) is 40.8 Å². The highest BCUT2D eigenvalue weighted by Gasteiger charge is 2.20. The second-order valence-electron chi connectivity index (χ2n) is 6.70. The number of nitrogens with one attached hydrogen (secondary N) is 1. The van der Waals surface area contributed by atoms with Gasteiger partial charge >= 0.3 is 5.97 Å². The number of nitrogens with zero attached hydrogens (tertiary/aromatic N) is 6. The zero-order valence-electron chi connectivity index (χ0n) is 16.5. The summed E-state index contributed by atoms with van der Waals surface area (Å²) in [4.78, 5) is 23.6. The van der Waals surface area contributed by atoms with Crippen LogP contribution in [0.5, 0.6) is 0 Å². The van der Waals surface area contributed by atoms with Crippen molar-refractivity contribution in [3.05, 3.63) is 46.3 Å². The molecule has 0 aliphatic rings. The third-order valence-corrected chi connectivity index (χ3v) is 4.82. The maximum atomic E-state index is 12.6. The first-order valence-corrected chi connectivity index (χ1v) is 8.77. The first-order chi connectivity index (χ1) is 13.2. The number of hydrogen-bond donors (Lipinski definition) is 2. The van der Waals surface area contributed by atoms with Gasteiger partial charge in [0.25, 0.3) is 5.91 Å². The Kier molecular flexibility index (Phi) is 5.04. The van der Waals surface area contributed by atoms with Crippen LogP contribution in [-0.4, -0.2) is 46.3 Å². The predicted molar refractivity (Wildman–Crippen MR) is 101 cm³/mol. The molecule has 10 heteroatoms. The summed E-state index contributed by atoms with van der Waals surface area (Å²) < 4.78 is 4.81. The van der Waals surface area contributed by atoms with Gasteiger partial charge < -0.3 is 10.4 Å². The molecule has 0 saturated heterocycles. The Morgan fingerprint density at radius 1 is 1.07 bits per heavy atom. The lowest BCUT2D eigenvalue weighted by molar-refractivity contribution is -0.137. The van der Waals surface area contributed by atoms with E-state index in [0.717, 1.165) is 27.3 Å². The summed E-state index contributed by atoms with van der Waals surface area (Å²) in [6.07, 6.45) is 1.40. The van der Waals surface area contributed by atoms with Gasteiger partial charge in [-0.25, -0.2) is 4.68 Å². The lowest BCUT2D eigenvalue weighted by atomic mass is 10.2. The molecule has 1 amide bonds. The molecular formula is C18H23N7O3. The Bertz CT molecular complexity index is 1060. The molecule has 3 rings (SSSR count). The van der Waals surface area contributed by atoms with Crippen LogP contribution in [0.4, 0.5) is 5.69 Å². The average Bonchev–Trinajstić information content (AvgIpc) is 3.24. The van der Waals surface area contributed by atoms with Gasteiger partial charge in [-0.3, -0.25) is 19.0 Å². The highest BCUT2D eigenvalue weighted by molar-refractivity contribution is 6.03. The van der Waals surface area contributed by atoms with Gasteiger partial charge in [0.05, 0.1) is 29.3 Å². The summed E-state index contributed by atoms with van der Waals surface area (Å²) in [6.45, 7) is 7.83. The number of carbonyl (C=O) groups is 2. The standard InChI is InChI=1S/C18H23N7O3/c1-10-14(12(3)23(5)21-10)8-24-13(4)17(11(2)22-24)20-18(28)15-6-7-19-25(15)9-16(26)27/h6-7H,8-9H2,1-5H3,(H,20,28)(H,26,27). The maximum Gasteiger partial charge on any atom is 0.325 e.